The van der Waals surface area contributed by atoms with Crippen LogP contribution in [0.1, 0.15) is 33.6 Å². The van der Waals surface area contributed by atoms with Gasteiger partial charge < -0.3 is 29.3 Å². The molecule has 2 fully saturated rings. The number of carbonyl (C=O) groups excluding carboxylic acids is 1. The van der Waals surface area contributed by atoms with Crippen LogP contribution in [0.5, 0.6) is 11.5 Å². The molecule has 1 aromatic carbocycles. The average Bonchev–Trinajstić information content (AvgIpc) is 3.26. The summed E-state index contributed by atoms with van der Waals surface area (Å²) >= 11 is 0. The Hall–Kier alpha value is -2.97. The van der Waals surface area contributed by atoms with Gasteiger partial charge in [0.05, 0.1) is 12.6 Å². The fraction of sp³-hybridized carbons (Fsp3) is 0.591. The predicted octanol–water partition coefficient (Wildman–Crippen LogP) is 3.00. The van der Waals surface area contributed by atoms with E-state index in [-0.39, 0.29) is 11.8 Å². The van der Waals surface area contributed by atoms with Crippen molar-refractivity contribution in [2.75, 3.05) is 56.2 Å². The SMILES string of the molecule is COc1cc2c(N3CCN(C(=O)OC(C)(C)C)CC3)nc(N3CCCC3)nc2cc1O. The molecule has 0 saturated carbocycles. The fourth-order valence-electron chi connectivity index (χ4n) is 4.01. The van der Waals surface area contributed by atoms with Crippen LogP contribution >= 0.6 is 0 Å². The molecule has 3 heterocycles. The summed E-state index contributed by atoms with van der Waals surface area (Å²) in [6, 6.07) is 3.42. The lowest BCUT2D eigenvalue weighted by Crippen LogP contribution is -2.50. The zero-order valence-electron chi connectivity index (χ0n) is 18.7. The van der Waals surface area contributed by atoms with Crippen LogP contribution < -0.4 is 14.5 Å². The maximum Gasteiger partial charge on any atom is 0.410 e. The smallest absolute Gasteiger partial charge is 0.410 e. The van der Waals surface area contributed by atoms with Crippen molar-refractivity contribution in [3.8, 4) is 11.5 Å². The number of hydrogen-bond acceptors (Lipinski definition) is 8. The predicted molar refractivity (Wildman–Crippen MR) is 119 cm³/mol. The van der Waals surface area contributed by atoms with Gasteiger partial charge >= 0.3 is 6.09 Å². The maximum absolute atomic E-state index is 12.4. The van der Waals surface area contributed by atoms with E-state index in [1.54, 1.807) is 17.0 Å². The van der Waals surface area contributed by atoms with Crippen molar-refractivity contribution in [3.05, 3.63) is 12.1 Å². The lowest BCUT2D eigenvalue weighted by Gasteiger charge is -2.36. The van der Waals surface area contributed by atoms with Crippen molar-refractivity contribution in [3.63, 3.8) is 0 Å². The maximum atomic E-state index is 12.4. The Morgan fingerprint density at radius 3 is 2.29 bits per heavy atom. The number of aromatic hydroxyl groups is 1. The van der Waals surface area contributed by atoms with Crippen molar-refractivity contribution < 1.29 is 19.4 Å². The van der Waals surface area contributed by atoms with E-state index in [2.05, 4.69) is 9.80 Å². The first-order chi connectivity index (χ1) is 14.7. The van der Waals surface area contributed by atoms with Gasteiger partial charge in [0.25, 0.3) is 0 Å². The zero-order chi connectivity index (χ0) is 22.2. The summed E-state index contributed by atoms with van der Waals surface area (Å²) in [7, 11) is 1.53. The minimum Gasteiger partial charge on any atom is -0.504 e. The largest absolute Gasteiger partial charge is 0.504 e. The highest BCUT2D eigenvalue weighted by molar-refractivity contribution is 5.93. The summed E-state index contributed by atoms with van der Waals surface area (Å²) in [5.41, 5.74) is 0.167. The number of methoxy groups -OCH3 is 1. The van der Waals surface area contributed by atoms with Crippen LogP contribution in [0, 0.1) is 0 Å². The highest BCUT2D eigenvalue weighted by Crippen LogP contribution is 2.36. The van der Waals surface area contributed by atoms with Crippen LogP contribution in [0.2, 0.25) is 0 Å². The summed E-state index contributed by atoms with van der Waals surface area (Å²) < 4.78 is 10.8. The summed E-state index contributed by atoms with van der Waals surface area (Å²) in [5, 5.41) is 11.1. The number of ether oxygens (including phenoxy) is 2. The van der Waals surface area contributed by atoms with E-state index in [1.165, 1.54) is 7.11 Å². The molecule has 0 unspecified atom stereocenters. The van der Waals surface area contributed by atoms with Crippen LogP contribution in [0.3, 0.4) is 0 Å². The quantitative estimate of drug-likeness (QED) is 0.796. The summed E-state index contributed by atoms with van der Waals surface area (Å²) in [6.45, 7) is 9.84. The molecule has 2 saturated heterocycles. The molecule has 31 heavy (non-hydrogen) atoms. The number of phenolic OH excluding ortho intramolecular Hbond substituents is 1. The molecule has 2 aromatic rings. The normalized spacial score (nSPS) is 17.4. The van der Waals surface area contributed by atoms with Crippen molar-refractivity contribution in [1.82, 2.24) is 14.9 Å². The second kappa shape index (κ2) is 8.28. The van der Waals surface area contributed by atoms with Gasteiger partial charge in [0.1, 0.15) is 11.4 Å². The molecule has 1 N–H and O–H groups in total. The molecule has 9 heteroatoms. The number of anilines is 2. The Labute approximate surface area is 182 Å². The molecule has 2 aliphatic heterocycles. The number of amides is 1. The molecule has 0 bridgehead atoms. The van der Waals surface area contributed by atoms with Crippen molar-refractivity contribution in [2.24, 2.45) is 0 Å². The first kappa shape index (κ1) is 21.3. The fourth-order valence-corrected chi connectivity index (χ4v) is 4.01. The van der Waals surface area contributed by atoms with E-state index in [1.807, 2.05) is 20.8 Å². The lowest BCUT2D eigenvalue weighted by atomic mass is 10.2. The monoisotopic (exact) mass is 429 g/mol. The molecular weight excluding hydrogens is 398 g/mol. The van der Waals surface area contributed by atoms with E-state index < -0.39 is 5.60 Å². The van der Waals surface area contributed by atoms with Crippen molar-refractivity contribution in [1.29, 1.82) is 0 Å². The number of piperazine rings is 1. The highest BCUT2D eigenvalue weighted by atomic mass is 16.6. The molecule has 9 nitrogen and oxygen atoms in total. The number of nitrogens with zero attached hydrogens (tertiary/aromatic N) is 5. The van der Waals surface area contributed by atoms with E-state index in [0.29, 0.717) is 43.4 Å². The molecule has 0 radical (unpaired) electrons. The summed E-state index contributed by atoms with van der Waals surface area (Å²) in [5.74, 6) is 1.92. The van der Waals surface area contributed by atoms with Gasteiger partial charge in [-0.15, -0.1) is 0 Å². The number of fused-ring (bicyclic) bond motifs is 1. The standard InChI is InChI=1S/C22H31N5O4/c1-22(2,3)31-21(29)27-11-9-25(10-12-27)19-15-13-18(30-4)17(28)14-16(15)23-20(24-19)26-7-5-6-8-26/h13-14,28H,5-12H2,1-4H3. The molecule has 0 aliphatic carbocycles. The molecule has 2 aliphatic rings. The molecule has 0 spiro atoms. The number of hydrogen-bond donors (Lipinski definition) is 1. The topological polar surface area (TPSA) is 91.3 Å². The van der Waals surface area contributed by atoms with Crippen molar-refractivity contribution in [2.45, 2.75) is 39.2 Å². The first-order valence-corrected chi connectivity index (χ1v) is 10.8. The number of carbonyl (C=O) groups is 1. The number of phenols is 1. The minimum atomic E-state index is -0.514. The zero-order valence-corrected chi connectivity index (χ0v) is 18.7. The van der Waals surface area contributed by atoms with Crippen LogP contribution in [0.25, 0.3) is 10.9 Å². The molecule has 1 amide bonds. The number of aromatic nitrogens is 2. The van der Waals surface area contributed by atoms with Gasteiger partial charge in [-0.05, 0) is 39.7 Å². The number of rotatable bonds is 3. The van der Waals surface area contributed by atoms with Gasteiger partial charge in [0.2, 0.25) is 5.95 Å². The van der Waals surface area contributed by atoms with Crippen LogP contribution in [-0.4, -0.2) is 78.0 Å². The van der Waals surface area contributed by atoms with Gasteiger partial charge in [-0.1, -0.05) is 0 Å². The van der Waals surface area contributed by atoms with Gasteiger partial charge in [0.15, 0.2) is 11.5 Å². The van der Waals surface area contributed by atoms with E-state index in [0.717, 1.165) is 37.1 Å². The van der Waals surface area contributed by atoms with Gasteiger partial charge in [-0.2, -0.15) is 4.98 Å². The summed E-state index contributed by atoms with van der Waals surface area (Å²) in [6.07, 6.45) is 1.96. The Morgan fingerprint density at radius 2 is 1.68 bits per heavy atom. The Morgan fingerprint density at radius 1 is 1.00 bits per heavy atom. The molecule has 1 aromatic heterocycles. The molecule has 4 rings (SSSR count). The molecule has 168 valence electrons. The minimum absolute atomic E-state index is 0.0572. The summed E-state index contributed by atoms with van der Waals surface area (Å²) in [4.78, 5) is 28.1. The highest BCUT2D eigenvalue weighted by Gasteiger charge is 2.28. The molecular formula is C22H31N5O4. The third-order valence-corrected chi connectivity index (χ3v) is 5.58. The van der Waals surface area contributed by atoms with Crippen LogP contribution in [0.4, 0.5) is 16.6 Å². The van der Waals surface area contributed by atoms with Gasteiger partial charge in [-0.3, -0.25) is 0 Å². The second-order valence-electron chi connectivity index (χ2n) is 9.04. The van der Waals surface area contributed by atoms with Gasteiger partial charge in [-0.25, -0.2) is 9.78 Å². The third kappa shape index (κ3) is 4.55. The van der Waals surface area contributed by atoms with Crippen LogP contribution in [0.15, 0.2) is 12.1 Å². The van der Waals surface area contributed by atoms with E-state index in [4.69, 9.17) is 19.4 Å². The van der Waals surface area contributed by atoms with E-state index in [9.17, 15) is 9.90 Å². The third-order valence-electron chi connectivity index (χ3n) is 5.58. The number of benzene rings is 1. The Balaban J connectivity index is 1.63. The molecule has 0 atom stereocenters. The van der Waals surface area contributed by atoms with Gasteiger partial charge in [0, 0.05) is 50.7 Å². The van der Waals surface area contributed by atoms with Crippen LogP contribution in [-0.2, 0) is 4.74 Å². The Kier molecular flexibility index (Phi) is 5.68. The average molecular weight is 430 g/mol. The first-order valence-electron chi connectivity index (χ1n) is 10.8. The lowest BCUT2D eigenvalue weighted by molar-refractivity contribution is 0.0240. The van der Waals surface area contributed by atoms with E-state index >= 15 is 0 Å². The second-order valence-corrected chi connectivity index (χ2v) is 9.04. The van der Waals surface area contributed by atoms with Crippen molar-refractivity contribution >= 4 is 28.8 Å². The Bertz CT molecular complexity index is 961.